The summed E-state index contributed by atoms with van der Waals surface area (Å²) in [4.78, 5) is 15.9. The fourth-order valence-electron chi connectivity index (χ4n) is 9.95. The largest absolute Gasteiger partial charge is 0.456 e. The molecule has 0 fully saturated rings. The number of hydrogen-bond acceptors (Lipinski definition) is 4. The van der Waals surface area contributed by atoms with E-state index >= 15 is 0 Å². The van der Waals surface area contributed by atoms with E-state index in [0.717, 1.165) is 122 Å². The third-order valence-electron chi connectivity index (χ3n) is 13.1. The van der Waals surface area contributed by atoms with Gasteiger partial charge in [-0.1, -0.05) is 206 Å². The smallest absolute Gasteiger partial charge is 0.160 e. The number of furan rings is 1. The highest BCUT2D eigenvalue weighted by atomic mass is 16.3. The number of rotatable bonds is 7. The van der Waals surface area contributed by atoms with E-state index in [-0.39, 0.29) is 0 Å². The highest BCUT2D eigenvalue weighted by Gasteiger charge is 2.22. The lowest BCUT2D eigenvalue weighted by atomic mass is 9.88. The first-order valence-corrected chi connectivity index (χ1v) is 22.7. The molecule has 0 aliphatic carbocycles. The topological polar surface area (TPSA) is 51.8 Å². The van der Waals surface area contributed by atoms with Gasteiger partial charge in [-0.3, -0.25) is 0 Å². The van der Waals surface area contributed by atoms with Gasteiger partial charge < -0.3 is 4.42 Å². The normalized spacial score (nSPS) is 11.6. The van der Waals surface area contributed by atoms with Gasteiger partial charge in [-0.25, -0.2) is 15.0 Å². The molecule has 0 saturated carbocycles. The molecule has 4 nitrogen and oxygen atoms in total. The average molecular weight is 854 g/mol. The van der Waals surface area contributed by atoms with Crippen molar-refractivity contribution in [2.24, 2.45) is 0 Å². The van der Waals surface area contributed by atoms with Gasteiger partial charge in [-0.15, -0.1) is 0 Å². The molecule has 0 amide bonds. The number of pyridine rings is 1. The van der Waals surface area contributed by atoms with Crippen LogP contribution in [0.2, 0.25) is 0 Å². The van der Waals surface area contributed by atoms with Gasteiger partial charge in [0.15, 0.2) is 5.82 Å². The van der Waals surface area contributed by atoms with Crippen molar-refractivity contribution in [3.63, 3.8) is 0 Å². The summed E-state index contributed by atoms with van der Waals surface area (Å²) in [5.74, 6) is 0.687. The van der Waals surface area contributed by atoms with Crippen LogP contribution in [0.4, 0.5) is 0 Å². The Kier molecular flexibility index (Phi) is 9.14. The minimum Gasteiger partial charge on any atom is -0.456 e. The molecule has 4 heteroatoms. The Morgan fingerprint density at radius 3 is 1.60 bits per heavy atom. The van der Waals surface area contributed by atoms with Gasteiger partial charge in [0.25, 0.3) is 0 Å². The van der Waals surface area contributed by atoms with Crippen molar-refractivity contribution >= 4 is 54.4 Å². The van der Waals surface area contributed by atoms with Crippen molar-refractivity contribution in [1.82, 2.24) is 15.0 Å². The lowest BCUT2D eigenvalue weighted by Crippen LogP contribution is -1.97. The molecule has 0 unspecified atom stereocenters. The molecule has 0 atom stereocenters. The van der Waals surface area contributed by atoms with Crippen LogP contribution in [0.5, 0.6) is 0 Å². The first kappa shape index (κ1) is 38.5. The van der Waals surface area contributed by atoms with E-state index in [1.54, 1.807) is 0 Å². The molecule has 312 valence electrons. The van der Waals surface area contributed by atoms with Gasteiger partial charge in [0, 0.05) is 54.7 Å². The number of hydrogen-bond donors (Lipinski definition) is 0. The summed E-state index contributed by atoms with van der Waals surface area (Å²) < 4.78 is 6.66. The van der Waals surface area contributed by atoms with E-state index in [4.69, 9.17) is 19.4 Å². The summed E-state index contributed by atoms with van der Waals surface area (Å²) in [5, 5.41) is 7.79. The molecule has 67 heavy (non-hydrogen) atoms. The molecule has 3 aromatic heterocycles. The van der Waals surface area contributed by atoms with Crippen LogP contribution in [0.15, 0.2) is 241 Å². The van der Waals surface area contributed by atoms with Gasteiger partial charge in [0.05, 0.1) is 22.6 Å². The minimum absolute atomic E-state index is 0.687. The van der Waals surface area contributed by atoms with Crippen molar-refractivity contribution < 1.29 is 4.42 Å². The maximum Gasteiger partial charge on any atom is 0.160 e. The molecule has 13 aromatic rings. The second-order valence-corrected chi connectivity index (χ2v) is 17.0. The molecule has 0 N–H and O–H groups in total. The first-order valence-electron chi connectivity index (χ1n) is 22.7. The van der Waals surface area contributed by atoms with Crippen LogP contribution in [-0.2, 0) is 0 Å². The van der Waals surface area contributed by atoms with Crippen LogP contribution < -0.4 is 0 Å². The Balaban J connectivity index is 0.977. The molecule has 3 heterocycles. The highest BCUT2D eigenvalue weighted by molar-refractivity contribution is 6.27. The quantitative estimate of drug-likeness (QED) is 0.150. The summed E-state index contributed by atoms with van der Waals surface area (Å²) in [5.41, 5.74) is 16.3. The van der Waals surface area contributed by atoms with Crippen LogP contribution in [0.3, 0.4) is 0 Å². The van der Waals surface area contributed by atoms with Crippen molar-refractivity contribution in [2.45, 2.75) is 0 Å². The first-order chi connectivity index (χ1) is 33.2. The SMILES string of the molecule is c1ccc(-c2ccc(-c3cc(-c4ccc(-c5cccc(-c6nc7ccccc7c7c(-c8ccccc8)c8c(cc67)oc6ccccc68)c5)c5ccccc45)nc(-c4ccccc4)n3)cc2)cc1. The number of nitrogens with zero attached hydrogens (tertiary/aromatic N) is 3. The predicted molar refractivity (Wildman–Crippen MR) is 278 cm³/mol. The summed E-state index contributed by atoms with van der Waals surface area (Å²) in [7, 11) is 0. The summed E-state index contributed by atoms with van der Waals surface area (Å²) in [6.45, 7) is 0. The minimum atomic E-state index is 0.687. The lowest BCUT2D eigenvalue weighted by Gasteiger charge is -2.17. The van der Waals surface area contributed by atoms with E-state index in [0.29, 0.717) is 5.82 Å². The van der Waals surface area contributed by atoms with Crippen molar-refractivity contribution in [3.05, 3.63) is 237 Å². The molecule has 0 saturated heterocycles. The van der Waals surface area contributed by atoms with Gasteiger partial charge in [-0.05, 0) is 68.9 Å². The zero-order valence-corrected chi connectivity index (χ0v) is 36.3. The van der Waals surface area contributed by atoms with Crippen LogP contribution in [0.1, 0.15) is 0 Å². The molecular weight excluding hydrogens is 815 g/mol. The van der Waals surface area contributed by atoms with Crippen LogP contribution >= 0.6 is 0 Å². The van der Waals surface area contributed by atoms with Gasteiger partial charge in [0.1, 0.15) is 11.2 Å². The summed E-state index contributed by atoms with van der Waals surface area (Å²) in [6, 6.07) is 83.2. The summed E-state index contributed by atoms with van der Waals surface area (Å²) in [6.07, 6.45) is 0. The van der Waals surface area contributed by atoms with E-state index in [9.17, 15) is 0 Å². The molecule has 0 bridgehead atoms. The number of para-hydroxylation sites is 2. The zero-order valence-electron chi connectivity index (χ0n) is 36.3. The highest BCUT2D eigenvalue weighted by Crippen LogP contribution is 2.47. The standard InChI is InChI=1S/C63H39N3O/c1-4-17-40(18-5-1)41-31-33-42(34-32-41)55-39-56(66-63(65-55)44-21-8-3-9-22-44)50-36-35-47(48-25-10-11-26-49(48)50)45-23-16-24-46(37-45)62-53-38-58-61(52-28-13-15-30-57(52)67-58)59(43-19-6-2-7-20-43)60(53)51-27-12-14-29-54(51)64-62/h1-39H. The van der Waals surface area contributed by atoms with E-state index in [1.165, 1.54) is 5.56 Å². The van der Waals surface area contributed by atoms with Crippen LogP contribution in [-0.4, -0.2) is 15.0 Å². The maximum absolute atomic E-state index is 6.66. The van der Waals surface area contributed by atoms with Crippen LogP contribution in [0, 0.1) is 0 Å². The fraction of sp³-hybridized carbons (Fsp3) is 0. The molecule has 0 radical (unpaired) electrons. The number of aromatic nitrogens is 3. The average Bonchev–Trinajstić information content (AvgIpc) is 3.78. The maximum atomic E-state index is 6.66. The predicted octanol–water partition coefficient (Wildman–Crippen LogP) is 16.9. The van der Waals surface area contributed by atoms with E-state index < -0.39 is 0 Å². The fourth-order valence-corrected chi connectivity index (χ4v) is 9.95. The molecule has 0 aliphatic heterocycles. The number of fused-ring (bicyclic) bond motifs is 7. The molecule has 0 aliphatic rings. The Hall–Kier alpha value is -8.99. The zero-order chi connectivity index (χ0) is 44.3. The van der Waals surface area contributed by atoms with E-state index in [2.05, 4.69) is 206 Å². The Labute approximate surface area is 387 Å². The third kappa shape index (κ3) is 6.65. The Morgan fingerprint density at radius 1 is 0.284 bits per heavy atom. The Bertz CT molecular complexity index is 4010. The third-order valence-corrected chi connectivity index (χ3v) is 13.1. The molecular formula is C63H39N3O. The molecule has 10 aromatic carbocycles. The lowest BCUT2D eigenvalue weighted by molar-refractivity contribution is 0.669. The molecule has 13 rings (SSSR count). The summed E-state index contributed by atoms with van der Waals surface area (Å²) >= 11 is 0. The molecule has 0 spiro atoms. The van der Waals surface area contributed by atoms with Crippen molar-refractivity contribution in [1.29, 1.82) is 0 Å². The monoisotopic (exact) mass is 853 g/mol. The van der Waals surface area contributed by atoms with Gasteiger partial charge in [0.2, 0.25) is 0 Å². The Morgan fingerprint density at radius 2 is 0.836 bits per heavy atom. The van der Waals surface area contributed by atoms with Gasteiger partial charge >= 0.3 is 0 Å². The second kappa shape index (κ2) is 15.9. The second-order valence-electron chi connectivity index (χ2n) is 17.0. The van der Waals surface area contributed by atoms with Gasteiger partial charge in [-0.2, -0.15) is 0 Å². The van der Waals surface area contributed by atoms with Crippen molar-refractivity contribution in [2.75, 3.05) is 0 Å². The number of benzene rings is 10. The van der Waals surface area contributed by atoms with Crippen LogP contribution in [0.25, 0.3) is 133 Å². The van der Waals surface area contributed by atoms with E-state index in [1.807, 2.05) is 30.3 Å². The van der Waals surface area contributed by atoms with Crippen molar-refractivity contribution in [3.8, 4) is 78.5 Å².